The number of nitrogens with one attached hydrogen (secondary N) is 1. The van der Waals surface area contributed by atoms with Crippen LogP contribution in [0.5, 0.6) is 0 Å². The van der Waals surface area contributed by atoms with Gasteiger partial charge in [0.05, 0.1) is 22.0 Å². The molecular weight excluding hydrogens is 460 g/mol. The van der Waals surface area contributed by atoms with Gasteiger partial charge in [-0.25, -0.2) is 13.4 Å². The van der Waals surface area contributed by atoms with Crippen molar-refractivity contribution in [3.05, 3.63) is 58.9 Å². The molecule has 1 unspecified atom stereocenters. The van der Waals surface area contributed by atoms with Gasteiger partial charge in [0, 0.05) is 25.6 Å². The van der Waals surface area contributed by atoms with Gasteiger partial charge in [-0.2, -0.15) is 4.31 Å². The second-order valence-electron chi connectivity index (χ2n) is 10.3. The lowest BCUT2D eigenvalue weighted by molar-refractivity contribution is -0.137. The second kappa shape index (κ2) is 8.75. The monoisotopic (exact) mass is 492 g/mol. The predicted molar refractivity (Wildman–Crippen MR) is 134 cm³/mol. The molecule has 35 heavy (non-hydrogen) atoms. The minimum absolute atomic E-state index is 0.0385. The Bertz CT molecular complexity index is 1390. The van der Waals surface area contributed by atoms with Gasteiger partial charge in [0.2, 0.25) is 15.9 Å². The van der Waals surface area contributed by atoms with Crippen molar-refractivity contribution in [2.75, 3.05) is 19.6 Å². The van der Waals surface area contributed by atoms with Gasteiger partial charge in [-0.05, 0) is 92.8 Å². The molecule has 2 saturated heterocycles. The molecule has 3 heterocycles. The zero-order valence-corrected chi connectivity index (χ0v) is 21.0. The number of nitrogens with zero attached hydrogens (tertiary/aromatic N) is 3. The standard InChI is InChI=1S/C27H32N4O3S/c1-18-7-10-23-24(16-18)29-26(28-23)25-6-3-13-31(25)27(32)20-11-14-30(15-12-20)35(33,34)22-9-8-19-4-2-5-21(19)17-22/h7-10,16-17,20,25H,2-6,11-15H2,1H3,(H,28,29). The molecule has 8 heteroatoms. The summed E-state index contributed by atoms with van der Waals surface area (Å²) in [6.07, 6.45) is 6.06. The molecule has 1 atom stereocenters. The number of benzene rings is 2. The highest BCUT2D eigenvalue weighted by atomic mass is 32.2. The van der Waals surface area contributed by atoms with E-state index in [4.69, 9.17) is 4.98 Å². The van der Waals surface area contributed by atoms with Crippen LogP contribution in [0.2, 0.25) is 0 Å². The van der Waals surface area contributed by atoms with Crippen molar-refractivity contribution in [3.63, 3.8) is 0 Å². The number of aromatic nitrogens is 2. The third kappa shape index (κ3) is 4.06. The number of carbonyl (C=O) groups excluding carboxylic acids is 1. The number of fused-ring (bicyclic) bond motifs is 2. The van der Waals surface area contributed by atoms with E-state index in [0.29, 0.717) is 30.8 Å². The van der Waals surface area contributed by atoms with Crippen LogP contribution in [0.25, 0.3) is 11.0 Å². The van der Waals surface area contributed by atoms with Crippen molar-refractivity contribution in [2.24, 2.45) is 5.92 Å². The molecule has 0 spiro atoms. The normalized spacial score (nSPS) is 21.6. The van der Waals surface area contributed by atoms with Gasteiger partial charge < -0.3 is 9.88 Å². The summed E-state index contributed by atoms with van der Waals surface area (Å²) in [5, 5.41) is 0. The number of hydrogen-bond acceptors (Lipinski definition) is 4. The third-order valence-electron chi connectivity index (χ3n) is 8.02. The van der Waals surface area contributed by atoms with Gasteiger partial charge in [0.1, 0.15) is 5.82 Å². The molecule has 1 N–H and O–H groups in total. The highest BCUT2D eigenvalue weighted by Gasteiger charge is 2.38. The number of H-pyrrole nitrogens is 1. The molecule has 0 saturated carbocycles. The van der Waals surface area contributed by atoms with Gasteiger partial charge in [0.25, 0.3) is 0 Å². The SMILES string of the molecule is Cc1ccc2nc(C3CCCN3C(=O)C3CCN(S(=O)(=O)c4ccc5c(c4)CCC5)CC3)[nH]c2c1. The fraction of sp³-hybridized carbons (Fsp3) is 0.481. The molecule has 6 rings (SSSR count). The number of amides is 1. The molecule has 1 aliphatic carbocycles. The van der Waals surface area contributed by atoms with E-state index in [-0.39, 0.29) is 17.9 Å². The molecule has 7 nitrogen and oxygen atoms in total. The Kier molecular flexibility index (Phi) is 5.68. The minimum Gasteiger partial charge on any atom is -0.340 e. The minimum atomic E-state index is -3.53. The lowest BCUT2D eigenvalue weighted by atomic mass is 9.96. The first-order valence-electron chi connectivity index (χ1n) is 12.8. The molecule has 3 aromatic rings. The van der Waals surface area contributed by atoms with E-state index in [1.54, 1.807) is 10.4 Å². The number of hydrogen-bond donors (Lipinski definition) is 1. The van der Waals surface area contributed by atoms with E-state index in [2.05, 4.69) is 24.0 Å². The first-order chi connectivity index (χ1) is 16.9. The van der Waals surface area contributed by atoms with Gasteiger partial charge in [-0.3, -0.25) is 4.79 Å². The smallest absolute Gasteiger partial charge is 0.243 e. The number of sulfonamides is 1. The fourth-order valence-electron chi connectivity index (χ4n) is 6.05. The summed E-state index contributed by atoms with van der Waals surface area (Å²) in [5.41, 5.74) is 5.54. The first-order valence-corrected chi connectivity index (χ1v) is 14.2. The topological polar surface area (TPSA) is 86.4 Å². The maximum atomic E-state index is 13.5. The number of likely N-dealkylation sites (tertiary alicyclic amines) is 1. The summed E-state index contributed by atoms with van der Waals surface area (Å²) >= 11 is 0. The van der Waals surface area contributed by atoms with Crippen molar-refractivity contribution < 1.29 is 13.2 Å². The van der Waals surface area contributed by atoms with Crippen LogP contribution >= 0.6 is 0 Å². The van der Waals surface area contributed by atoms with E-state index in [1.807, 2.05) is 23.1 Å². The van der Waals surface area contributed by atoms with E-state index in [0.717, 1.165) is 61.1 Å². The molecule has 0 bridgehead atoms. The summed E-state index contributed by atoms with van der Waals surface area (Å²) in [7, 11) is -3.53. The highest BCUT2D eigenvalue weighted by Crippen LogP contribution is 2.35. The van der Waals surface area contributed by atoms with E-state index in [1.165, 1.54) is 11.1 Å². The van der Waals surface area contributed by atoms with Crippen LogP contribution in [-0.2, 0) is 27.7 Å². The molecule has 2 fully saturated rings. The van der Waals surface area contributed by atoms with Crippen LogP contribution in [-0.4, -0.2) is 53.1 Å². The van der Waals surface area contributed by atoms with Crippen molar-refractivity contribution in [1.29, 1.82) is 0 Å². The van der Waals surface area contributed by atoms with Crippen molar-refractivity contribution in [1.82, 2.24) is 19.2 Å². The zero-order chi connectivity index (χ0) is 24.2. The van der Waals surface area contributed by atoms with Crippen molar-refractivity contribution in [2.45, 2.75) is 62.8 Å². The summed E-state index contributed by atoms with van der Waals surface area (Å²) in [6.45, 7) is 3.56. The molecule has 3 aliphatic rings. The van der Waals surface area contributed by atoms with Gasteiger partial charge in [-0.15, -0.1) is 0 Å². The Morgan fingerprint density at radius 2 is 1.77 bits per heavy atom. The summed E-state index contributed by atoms with van der Waals surface area (Å²) in [6, 6.07) is 11.7. The van der Waals surface area contributed by atoms with Gasteiger partial charge in [0.15, 0.2) is 0 Å². The lowest BCUT2D eigenvalue weighted by Crippen LogP contribution is -2.44. The number of aromatic amines is 1. The average Bonchev–Trinajstić information content (AvgIpc) is 3.61. The number of carbonyl (C=O) groups is 1. The Balaban J connectivity index is 1.14. The fourth-order valence-corrected chi connectivity index (χ4v) is 7.57. The maximum absolute atomic E-state index is 13.5. The van der Waals surface area contributed by atoms with Gasteiger partial charge in [-0.1, -0.05) is 12.1 Å². The highest BCUT2D eigenvalue weighted by molar-refractivity contribution is 7.89. The van der Waals surface area contributed by atoms with Crippen LogP contribution in [0, 0.1) is 12.8 Å². The van der Waals surface area contributed by atoms with Crippen molar-refractivity contribution >= 4 is 27.0 Å². The van der Waals surface area contributed by atoms with Gasteiger partial charge >= 0.3 is 0 Å². The number of rotatable bonds is 4. The average molecular weight is 493 g/mol. The third-order valence-corrected chi connectivity index (χ3v) is 9.91. The van der Waals surface area contributed by atoms with Crippen LogP contribution in [0.4, 0.5) is 0 Å². The summed E-state index contributed by atoms with van der Waals surface area (Å²) in [4.78, 5) is 24.1. The van der Waals surface area contributed by atoms with Crippen LogP contribution in [0.15, 0.2) is 41.3 Å². The van der Waals surface area contributed by atoms with E-state index in [9.17, 15) is 13.2 Å². The van der Waals surface area contributed by atoms with Crippen LogP contribution < -0.4 is 0 Å². The van der Waals surface area contributed by atoms with E-state index < -0.39 is 10.0 Å². The first kappa shape index (κ1) is 22.7. The van der Waals surface area contributed by atoms with Crippen LogP contribution in [0.1, 0.15) is 60.7 Å². The Morgan fingerprint density at radius 3 is 2.60 bits per heavy atom. The number of piperidine rings is 1. The Hall–Kier alpha value is -2.71. The summed E-state index contributed by atoms with van der Waals surface area (Å²) < 4.78 is 28.1. The zero-order valence-electron chi connectivity index (χ0n) is 20.2. The molecule has 0 radical (unpaired) electrons. The molecule has 2 aromatic carbocycles. The molecular formula is C27H32N4O3S. The van der Waals surface area contributed by atoms with Crippen LogP contribution in [0.3, 0.4) is 0 Å². The molecule has 1 aromatic heterocycles. The van der Waals surface area contributed by atoms with Crippen molar-refractivity contribution in [3.8, 4) is 0 Å². The predicted octanol–water partition coefficient (Wildman–Crippen LogP) is 4.12. The number of imidazole rings is 1. The molecule has 184 valence electrons. The lowest BCUT2D eigenvalue weighted by Gasteiger charge is -2.34. The summed E-state index contributed by atoms with van der Waals surface area (Å²) in [5.74, 6) is 0.848. The number of aryl methyl sites for hydroxylation is 3. The Morgan fingerprint density at radius 1 is 0.971 bits per heavy atom. The Labute approximate surface area is 206 Å². The maximum Gasteiger partial charge on any atom is 0.243 e. The largest absolute Gasteiger partial charge is 0.340 e. The molecule has 2 aliphatic heterocycles. The quantitative estimate of drug-likeness (QED) is 0.594. The van der Waals surface area contributed by atoms with E-state index >= 15 is 0 Å². The molecule has 1 amide bonds. The second-order valence-corrected chi connectivity index (χ2v) is 12.2.